The van der Waals surface area contributed by atoms with Gasteiger partial charge in [-0.25, -0.2) is 0 Å². The van der Waals surface area contributed by atoms with Crippen LogP contribution in [0.3, 0.4) is 0 Å². The number of fused-ring (bicyclic) bond motifs is 3. The number of aromatic nitrogens is 2. The zero-order valence-corrected chi connectivity index (χ0v) is 32.2. The molecular formula is C43H42IrN2OSi-2. The molecule has 0 amide bonds. The summed E-state index contributed by atoms with van der Waals surface area (Å²) >= 11 is 0. The van der Waals surface area contributed by atoms with E-state index in [9.17, 15) is 0 Å². The first-order valence-electron chi connectivity index (χ1n) is 16.4. The van der Waals surface area contributed by atoms with Gasteiger partial charge >= 0.3 is 0 Å². The first-order valence-corrected chi connectivity index (χ1v) is 19.9. The minimum Gasteiger partial charge on any atom is -0.501 e. The van der Waals surface area contributed by atoms with Gasteiger partial charge in [0.2, 0.25) is 0 Å². The van der Waals surface area contributed by atoms with E-state index in [2.05, 4.69) is 154 Å². The number of aryl methyl sites for hydroxylation is 2. The number of hydrogen-bond donors (Lipinski definition) is 0. The van der Waals surface area contributed by atoms with Crippen molar-refractivity contribution in [3.8, 4) is 33.6 Å². The Labute approximate surface area is 299 Å². The quantitative estimate of drug-likeness (QED) is 0.124. The third kappa shape index (κ3) is 7.93. The average Bonchev–Trinajstić information content (AvgIpc) is 3.43. The van der Waals surface area contributed by atoms with Crippen molar-refractivity contribution in [2.24, 2.45) is 5.92 Å². The molecule has 245 valence electrons. The first-order chi connectivity index (χ1) is 22.6. The molecule has 0 saturated heterocycles. The van der Waals surface area contributed by atoms with Crippen molar-refractivity contribution in [3.63, 3.8) is 0 Å². The van der Waals surface area contributed by atoms with Crippen LogP contribution in [-0.2, 0) is 26.5 Å². The van der Waals surface area contributed by atoms with Gasteiger partial charge in [0.1, 0.15) is 5.58 Å². The van der Waals surface area contributed by atoms with Crippen LogP contribution in [0.25, 0.3) is 55.6 Å². The van der Waals surface area contributed by atoms with Crippen molar-refractivity contribution >= 4 is 35.2 Å². The second kappa shape index (κ2) is 14.9. The molecule has 48 heavy (non-hydrogen) atoms. The Hall–Kier alpha value is -4.15. The van der Waals surface area contributed by atoms with Crippen molar-refractivity contribution in [1.29, 1.82) is 0 Å². The summed E-state index contributed by atoms with van der Waals surface area (Å²) in [4.78, 5) is 9.23. The molecule has 0 bridgehead atoms. The summed E-state index contributed by atoms with van der Waals surface area (Å²) in [5.41, 5.74) is 11.9. The fraction of sp³-hybridized carbons (Fsp3) is 0.209. The summed E-state index contributed by atoms with van der Waals surface area (Å²) < 4.78 is 6.35. The monoisotopic (exact) mass is 823 g/mol. The molecule has 0 spiro atoms. The second-order valence-electron chi connectivity index (χ2n) is 13.8. The van der Waals surface area contributed by atoms with Crippen LogP contribution in [0, 0.1) is 31.9 Å². The van der Waals surface area contributed by atoms with Gasteiger partial charge in [-0.05, 0) is 59.1 Å². The average molecular weight is 823 g/mol. The maximum Gasteiger partial charge on any atom is 0.121 e. The molecule has 0 N–H and O–H groups in total. The number of hydrogen-bond acceptors (Lipinski definition) is 3. The Bertz CT molecular complexity index is 2160. The van der Waals surface area contributed by atoms with Crippen LogP contribution in [-0.4, -0.2) is 18.0 Å². The van der Waals surface area contributed by atoms with Gasteiger partial charge < -0.3 is 14.4 Å². The zero-order valence-electron chi connectivity index (χ0n) is 28.8. The predicted molar refractivity (Wildman–Crippen MR) is 201 cm³/mol. The first kappa shape index (κ1) is 35.2. The Morgan fingerprint density at radius 2 is 1.52 bits per heavy atom. The number of rotatable bonds is 6. The fourth-order valence-corrected chi connectivity index (χ4v) is 7.88. The second-order valence-corrected chi connectivity index (χ2v) is 18.9. The molecule has 7 aromatic rings. The van der Waals surface area contributed by atoms with Crippen molar-refractivity contribution in [2.75, 3.05) is 0 Å². The molecule has 0 aliphatic carbocycles. The fourth-order valence-electron chi connectivity index (χ4n) is 6.17. The standard InChI is InChI=1S/C27H22NO.C16H20NSi.Ir/c1-18(2)15-19-13-14-28-25(16-19)24-10-6-9-23-22-12-11-21(17-26(22)29-27(23)24)20-7-4-3-5-8-20;1-12-7-6-8-14(9-12)15-10-13(2)16(11-17-15)18(3,4)5;/h3-9,11-14,16-18H,15H2,1-2H3;6-7,9-11H,1-5H3;/q2*-1;. The van der Waals surface area contributed by atoms with Crippen LogP contribution in [0.1, 0.15) is 30.5 Å². The van der Waals surface area contributed by atoms with E-state index < -0.39 is 8.07 Å². The molecule has 5 heteroatoms. The van der Waals surface area contributed by atoms with E-state index in [0.29, 0.717) is 5.92 Å². The van der Waals surface area contributed by atoms with Crippen LogP contribution in [0.4, 0.5) is 0 Å². The van der Waals surface area contributed by atoms with Gasteiger partial charge in [0, 0.05) is 37.9 Å². The van der Waals surface area contributed by atoms with E-state index in [4.69, 9.17) is 4.42 Å². The summed E-state index contributed by atoms with van der Waals surface area (Å²) in [5.74, 6) is 0.604. The van der Waals surface area contributed by atoms with Gasteiger partial charge in [-0.1, -0.05) is 117 Å². The maximum atomic E-state index is 6.35. The maximum absolute atomic E-state index is 6.35. The van der Waals surface area contributed by atoms with E-state index >= 15 is 0 Å². The Kier molecular flexibility index (Phi) is 10.9. The van der Waals surface area contributed by atoms with Crippen molar-refractivity contribution < 1.29 is 24.5 Å². The number of benzene rings is 4. The van der Waals surface area contributed by atoms with Gasteiger partial charge in [0.05, 0.1) is 13.7 Å². The van der Waals surface area contributed by atoms with E-state index in [-0.39, 0.29) is 20.1 Å². The zero-order chi connectivity index (χ0) is 33.1. The van der Waals surface area contributed by atoms with Gasteiger partial charge in [-0.15, -0.1) is 53.6 Å². The molecule has 3 nitrogen and oxygen atoms in total. The normalized spacial score (nSPS) is 11.3. The minimum atomic E-state index is -1.29. The van der Waals surface area contributed by atoms with Gasteiger partial charge in [0.15, 0.2) is 0 Å². The van der Waals surface area contributed by atoms with Crippen LogP contribution < -0.4 is 5.19 Å². The molecule has 0 atom stereocenters. The third-order valence-corrected chi connectivity index (χ3v) is 10.6. The topological polar surface area (TPSA) is 38.9 Å². The summed E-state index contributed by atoms with van der Waals surface area (Å²) in [6, 6.07) is 40.1. The molecule has 3 heterocycles. The van der Waals surface area contributed by atoms with E-state index in [0.717, 1.165) is 56.4 Å². The number of furan rings is 1. The minimum absolute atomic E-state index is 0. The van der Waals surface area contributed by atoms with Gasteiger partial charge in [0.25, 0.3) is 0 Å². The van der Waals surface area contributed by atoms with Crippen molar-refractivity contribution in [1.82, 2.24) is 9.97 Å². The molecule has 0 unspecified atom stereocenters. The number of nitrogens with zero attached hydrogens (tertiary/aromatic N) is 2. The van der Waals surface area contributed by atoms with Crippen LogP contribution in [0.15, 0.2) is 114 Å². The molecule has 0 aliphatic rings. The Balaban J connectivity index is 0.000000205. The molecule has 7 rings (SSSR count). The van der Waals surface area contributed by atoms with Gasteiger partial charge in [-0.3, -0.25) is 0 Å². The molecule has 0 saturated carbocycles. The summed E-state index contributed by atoms with van der Waals surface area (Å²) in [7, 11) is -1.29. The molecular weight excluding hydrogens is 781 g/mol. The number of pyridine rings is 2. The summed E-state index contributed by atoms with van der Waals surface area (Å²) in [6.45, 7) is 15.8. The van der Waals surface area contributed by atoms with E-state index in [1.165, 1.54) is 27.4 Å². The third-order valence-electron chi connectivity index (χ3n) is 8.42. The molecule has 0 fully saturated rings. The summed E-state index contributed by atoms with van der Waals surface area (Å²) in [5, 5.41) is 3.66. The van der Waals surface area contributed by atoms with Crippen LogP contribution >= 0.6 is 0 Å². The smallest absolute Gasteiger partial charge is 0.121 e. The van der Waals surface area contributed by atoms with Crippen LogP contribution in [0.5, 0.6) is 0 Å². The largest absolute Gasteiger partial charge is 0.501 e. The van der Waals surface area contributed by atoms with Gasteiger partial charge in [-0.2, -0.15) is 0 Å². The summed E-state index contributed by atoms with van der Waals surface area (Å²) in [6.07, 6.45) is 4.98. The Morgan fingerprint density at radius 1 is 0.750 bits per heavy atom. The molecule has 3 aromatic heterocycles. The van der Waals surface area contributed by atoms with Crippen molar-refractivity contribution in [3.05, 3.63) is 138 Å². The predicted octanol–water partition coefficient (Wildman–Crippen LogP) is 11.0. The van der Waals surface area contributed by atoms with Crippen molar-refractivity contribution in [2.45, 2.75) is 53.8 Å². The molecule has 4 aromatic carbocycles. The molecule has 0 aliphatic heterocycles. The molecule has 1 radical (unpaired) electrons. The van der Waals surface area contributed by atoms with E-state index in [1.54, 1.807) is 0 Å². The Morgan fingerprint density at radius 3 is 2.23 bits per heavy atom. The van der Waals surface area contributed by atoms with Crippen LogP contribution in [0.2, 0.25) is 19.6 Å². The SMILES string of the molecule is CC(C)Cc1ccnc(-c2[c-]ccc3c2oc2cc(-c4ccccc4)ccc23)c1.Cc1cc[c-]c(-c2cc(C)c([Si](C)(C)C)cn2)c1.[Ir]. The van der Waals surface area contributed by atoms with E-state index in [1.807, 2.05) is 24.4 Å².